The molecule has 6 heteroatoms. The first-order valence-corrected chi connectivity index (χ1v) is 6.11. The van der Waals surface area contributed by atoms with Gasteiger partial charge in [-0.15, -0.1) is 0 Å². The fraction of sp³-hybridized carbons (Fsp3) is 0.133. The van der Waals surface area contributed by atoms with Gasteiger partial charge in [0, 0.05) is 11.8 Å². The van der Waals surface area contributed by atoms with Crippen LogP contribution in [0.1, 0.15) is 21.6 Å². The van der Waals surface area contributed by atoms with E-state index in [-0.39, 0.29) is 5.71 Å². The molecule has 2 aromatic rings. The van der Waals surface area contributed by atoms with Crippen LogP contribution in [0.2, 0.25) is 0 Å². The quantitative estimate of drug-likeness (QED) is 0.403. The van der Waals surface area contributed by atoms with Crippen molar-refractivity contribution in [3.05, 3.63) is 59.4 Å². The second-order valence-corrected chi connectivity index (χ2v) is 4.07. The molecule has 0 unspecified atom stereocenters. The molecule has 0 aliphatic heterocycles. The fourth-order valence-corrected chi connectivity index (χ4v) is 1.89. The molecule has 0 fully saturated rings. The van der Waals surface area contributed by atoms with Gasteiger partial charge in [0.25, 0.3) is 0 Å². The van der Waals surface area contributed by atoms with E-state index >= 15 is 0 Å². The van der Waals surface area contributed by atoms with Gasteiger partial charge in [0.2, 0.25) is 0 Å². The zero-order chi connectivity index (χ0) is 15.2. The molecule has 0 saturated carbocycles. The zero-order valence-electron chi connectivity index (χ0n) is 11.6. The fourth-order valence-electron chi connectivity index (χ4n) is 1.89. The molecule has 0 saturated heterocycles. The van der Waals surface area contributed by atoms with Crippen molar-refractivity contribution in [2.75, 3.05) is 14.2 Å². The average Bonchev–Trinajstić information content (AvgIpc) is 2.55. The Balaban J connectivity index is 2.50. The SMILES string of the molecule is COC(=O)c1ccnc(/C(=N/O)c2ccccc2OC)c1. The number of carbonyl (C=O) groups is 1. The first kappa shape index (κ1) is 14.5. The summed E-state index contributed by atoms with van der Waals surface area (Å²) in [5.74, 6) is 0.0477. The van der Waals surface area contributed by atoms with Gasteiger partial charge >= 0.3 is 5.97 Å². The normalized spacial score (nSPS) is 11.0. The summed E-state index contributed by atoms with van der Waals surface area (Å²) in [7, 11) is 2.82. The van der Waals surface area contributed by atoms with Crippen molar-refractivity contribution < 1.29 is 19.5 Å². The summed E-state index contributed by atoms with van der Waals surface area (Å²) in [4.78, 5) is 15.7. The molecule has 0 atom stereocenters. The Morgan fingerprint density at radius 2 is 2.00 bits per heavy atom. The Morgan fingerprint density at radius 3 is 2.67 bits per heavy atom. The third-order valence-corrected chi connectivity index (χ3v) is 2.89. The number of oxime groups is 1. The number of aromatic nitrogens is 1. The molecule has 1 aromatic heterocycles. The second-order valence-electron chi connectivity index (χ2n) is 4.07. The molecule has 1 N–H and O–H groups in total. The summed E-state index contributed by atoms with van der Waals surface area (Å²) in [6, 6.07) is 10.1. The van der Waals surface area contributed by atoms with E-state index in [0.29, 0.717) is 22.6 Å². The van der Waals surface area contributed by atoms with Crippen LogP contribution in [0.4, 0.5) is 0 Å². The van der Waals surface area contributed by atoms with Gasteiger partial charge < -0.3 is 14.7 Å². The lowest BCUT2D eigenvalue weighted by molar-refractivity contribution is 0.0600. The lowest BCUT2D eigenvalue weighted by atomic mass is 10.0. The van der Waals surface area contributed by atoms with E-state index in [2.05, 4.69) is 14.9 Å². The average molecular weight is 286 g/mol. The molecule has 0 aliphatic carbocycles. The number of hydrogen-bond donors (Lipinski definition) is 1. The van der Waals surface area contributed by atoms with Crippen LogP contribution in [0.5, 0.6) is 5.75 Å². The molecule has 0 aliphatic rings. The topological polar surface area (TPSA) is 81.0 Å². The van der Waals surface area contributed by atoms with Crippen molar-refractivity contribution in [3.8, 4) is 5.75 Å². The molecule has 1 aromatic carbocycles. The molecule has 0 spiro atoms. The zero-order valence-corrected chi connectivity index (χ0v) is 11.6. The minimum Gasteiger partial charge on any atom is -0.496 e. The molecule has 6 nitrogen and oxygen atoms in total. The first-order valence-electron chi connectivity index (χ1n) is 6.11. The number of hydrogen-bond acceptors (Lipinski definition) is 6. The highest BCUT2D eigenvalue weighted by Gasteiger charge is 2.16. The lowest BCUT2D eigenvalue weighted by Crippen LogP contribution is -2.10. The predicted octanol–water partition coefficient (Wildman–Crippen LogP) is 2.10. The number of nitrogens with zero attached hydrogens (tertiary/aromatic N) is 2. The summed E-state index contributed by atoms with van der Waals surface area (Å²) in [6.07, 6.45) is 1.45. The standard InChI is InChI=1S/C15H14N2O4/c1-20-13-6-4-3-5-11(13)14(17-19)12-9-10(7-8-16-12)15(18)21-2/h3-9,19H,1-2H3/b17-14+. The van der Waals surface area contributed by atoms with Gasteiger partial charge in [-0.1, -0.05) is 17.3 Å². The van der Waals surface area contributed by atoms with Crippen LogP contribution in [-0.4, -0.2) is 36.1 Å². The van der Waals surface area contributed by atoms with Crippen LogP contribution in [0.25, 0.3) is 0 Å². The number of ether oxygens (including phenoxy) is 2. The molecular formula is C15H14N2O4. The highest BCUT2D eigenvalue weighted by atomic mass is 16.5. The van der Waals surface area contributed by atoms with Crippen LogP contribution >= 0.6 is 0 Å². The second kappa shape index (κ2) is 6.51. The molecule has 108 valence electrons. The van der Waals surface area contributed by atoms with E-state index in [4.69, 9.17) is 4.74 Å². The summed E-state index contributed by atoms with van der Waals surface area (Å²) in [5, 5.41) is 12.6. The highest BCUT2D eigenvalue weighted by Crippen LogP contribution is 2.21. The lowest BCUT2D eigenvalue weighted by Gasteiger charge is -2.09. The molecule has 0 amide bonds. The van der Waals surface area contributed by atoms with Gasteiger partial charge in [0.05, 0.1) is 25.5 Å². The maximum Gasteiger partial charge on any atom is 0.337 e. The minimum absolute atomic E-state index is 0.207. The molecular weight excluding hydrogens is 272 g/mol. The summed E-state index contributed by atoms with van der Waals surface area (Å²) < 4.78 is 9.90. The number of carbonyl (C=O) groups excluding carboxylic acids is 1. The molecule has 0 radical (unpaired) electrons. The number of pyridine rings is 1. The first-order chi connectivity index (χ1) is 10.2. The number of benzene rings is 1. The van der Waals surface area contributed by atoms with Crippen LogP contribution < -0.4 is 4.74 Å². The van der Waals surface area contributed by atoms with Crippen molar-refractivity contribution in [2.45, 2.75) is 0 Å². The van der Waals surface area contributed by atoms with E-state index in [1.165, 1.54) is 32.5 Å². The summed E-state index contributed by atoms with van der Waals surface area (Å²) in [6.45, 7) is 0. The maximum absolute atomic E-state index is 11.6. The van der Waals surface area contributed by atoms with Crippen LogP contribution in [0, 0.1) is 0 Å². The van der Waals surface area contributed by atoms with Gasteiger partial charge in [-0.2, -0.15) is 0 Å². The van der Waals surface area contributed by atoms with Gasteiger partial charge in [0.15, 0.2) is 0 Å². The highest BCUT2D eigenvalue weighted by molar-refractivity contribution is 6.13. The number of rotatable bonds is 4. The van der Waals surface area contributed by atoms with Crippen LogP contribution in [0.3, 0.4) is 0 Å². The summed E-state index contributed by atoms with van der Waals surface area (Å²) >= 11 is 0. The monoisotopic (exact) mass is 286 g/mol. The predicted molar refractivity (Wildman–Crippen MR) is 76.0 cm³/mol. The largest absolute Gasteiger partial charge is 0.496 e. The Morgan fingerprint density at radius 1 is 1.24 bits per heavy atom. The number of esters is 1. The van der Waals surface area contributed by atoms with Crippen LogP contribution in [0.15, 0.2) is 47.8 Å². The maximum atomic E-state index is 11.6. The third-order valence-electron chi connectivity index (χ3n) is 2.89. The Kier molecular flexibility index (Phi) is 4.50. The van der Waals surface area contributed by atoms with Crippen LogP contribution in [-0.2, 0) is 4.74 Å². The molecule has 2 rings (SSSR count). The smallest absolute Gasteiger partial charge is 0.337 e. The Bertz CT molecular complexity index is 683. The van der Waals surface area contributed by atoms with Crippen molar-refractivity contribution in [2.24, 2.45) is 5.16 Å². The van der Waals surface area contributed by atoms with E-state index in [9.17, 15) is 10.0 Å². The summed E-state index contributed by atoms with van der Waals surface area (Å²) in [5.41, 5.74) is 1.43. The molecule has 0 bridgehead atoms. The van der Waals surface area contributed by atoms with Crippen molar-refractivity contribution >= 4 is 11.7 Å². The van der Waals surface area contributed by atoms with E-state index in [0.717, 1.165) is 0 Å². The minimum atomic E-state index is -0.490. The molecule has 1 heterocycles. The van der Waals surface area contributed by atoms with E-state index < -0.39 is 5.97 Å². The van der Waals surface area contributed by atoms with Gasteiger partial charge in [-0.25, -0.2) is 4.79 Å². The van der Waals surface area contributed by atoms with Gasteiger partial charge in [-0.3, -0.25) is 4.98 Å². The Hall–Kier alpha value is -2.89. The number of methoxy groups -OCH3 is 2. The third kappa shape index (κ3) is 3.00. The van der Waals surface area contributed by atoms with Gasteiger partial charge in [0.1, 0.15) is 11.5 Å². The Labute approximate surface area is 121 Å². The van der Waals surface area contributed by atoms with Crippen molar-refractivity contribution in [3.63, 3.8) is 0 Å². The van der Waals surface area contributed by atoms with E-state index in [1.54, 1.807) is 24.3 Å². The number of para-hydroxylation sites is 1. The van der Waals surface area contributed by atoms with Gasteiger partial charge in [-0.05, 0) is 24.3 Å². The van der Waals surface area contributed by atoms with Crippen molar-refractivity contribution in [1.82, 2.24) is 4.98 Å². The molecule has 21 heavy (non-hydrogen) atoms. The van der Waals surface area contributed by atoms with E-state index in [1.807, 2.05) is 0 Å². The van der Waals surface area contributed by atoms with Crippen molar-refractivity contribution in [1.29, 1.82) is 0 Å².